The number of fused-ring (bicyclic) bond motifs is 1. The molecule has 21 heavy (non-hydrogen) atoms. The third kappa shape index (κ3) is 2.04. The van der Waals surface area contributed by atoms with Gasteiger partial charge in [-0.2, -0.15) is 0 Å². The second-order valence-corrected chi connectivity index (χ2v) is 4.80. The van der Waals surface area contributed by atoms with E-state index >= 15 is 0 Å². The summed E-state index contributed by atoms with van der Waals surface area (Å²) in [4.78, 5) is 4.14. The SMILES string of the molecule is COc1ncc2oc(N)c(N)c2c1-c1ccc(F)c(Cl)c1. The van der Waals surface area contributed by atoms with Gasteiger partial charge in [0, 0.05) is 0 Å². The van der Waals surface area contributed by atoms with Gasteiger partial charge in [0.15, 0.2) is 5.58 Å². The van der Waals surface area contributed by atoms with Crippen molar-refractivity contribution in [1.29, 1.82) is 0 Å². The van der Waals surface area contributed by atoms with E-state index in [1.54, 1.807) is 6.07 Å². The largest absolute Gasteiger partial charge is 0.481 e. The minimum absolute atomic E-state index is 0.0124. The van der Waals surface area contributed by atoms with E-state index in [2.05, 4.69) is 4.98 Å². The number of halogens is 2. The number of aromatic nitrogens is 1. The molecule has 0 aliphatic rings. The van der Waals surface area contributed by atoms with E-state index in [9.17, 15) is 4.39 Å². The maximum atomic E-state index is 13.4. The van der Waals surface area contributed by atoms with Crippen LogP contribution in [0.2, 0.25) is 5.02 Å². The van der Waals surface area contributed by atoms with Crippen LogP contribution in [0.15, 0.2) is 28.8 Å². The number of nitrogens with two attached hydrogens (primary N) is 2. The van der Waals surface area contributed by atoms with Gasteiger partial charge in [0.1, 0.15) is 11.5 Å². The molecule has 5 nitrogen and oxygen atoms in total. The van der Waals surface area contributed by atoms with E-state index in [4.69, 9.17) is 32.2 Å². The molecular formula is C14H11ClFN3O2. The van der Waals surface area contributed by atoms with Crippen molar-refractivity contribution in [2.75, 3.05) is 18.6 Å². The summed E-state index contributed by atoms with van der Waals surface area (Å²) in [6.45, 7) is 0. The van der Waals surface area contributed by atoms with Crippen molar-refractivity contribution >= 4 is 34.1 Å². The lowest BCUT2D eigenvalue weighted by atomic mass is 10.0. The summed E-state index contributed by atoms with van der Waals surface area (Å²) in [5.74, 6) is -0.105. The average molecular weight is 308 g/mol. The molecule has 0 spiro atoms. The fraction of sp³-hybridized carbons (Fsp3) is 0.0714. The predicted molar refractivity (Wildman–Crippen MR) is 79.8 cm³/mol. The second-order valence-electron chi connectivity index (χ2n) is 4.39. The van der Waals surface area contributed by atoms with Crippen LogP contribution >= 0.6 is 11.6 Å². The number of pyridine rings is 1. The first-order chi connectivity index (χ1) is 10.0. The third-order valence-corrected chi connectivity index (χ3v) is 3.46. The molecule has 0 aliphatic heterocycles. The number of anilines is 2. The molecule has 0 saturated heterocycles. The Morgan fingerprint density at radius 3 is 2.76 bits per heavy atom. The minimum atomic E-state index is -0.515. The van der Waals surface area contributed by atoms with Crippen LogP contribution in [0.1, 0.15) is 0 Å². The molecule has 0 atom stereocenters. The Morgan fingerprint density at radius 2 is 2.10 bits per heavy atom. The summed E-state index contributed by atoms with van der Waals surface area (Å²) >= 11 is 5.84. The zero-order valence-electron chi connectivity index (χ0n) is 11.0. The summed E-state index contributed by atoms with van der Waals surface area (Å²) < 4.78 is 24.0. The van der Waals surface area contributed by atoms with Crippen LogP contribution in [-0.4, -0.2) is 12.1 Å². The molecule has 0 aliphatic carbocycles. The molecule has 2 aromatic heterocycles. The van der Waals surface area contributed by atoms with Crippen LogP contribution in [0.3, 0.4) is 0 Å². The molecule has 7 heteroatoms. The summed E-state index contributed by atoms with van der Waals surface area (Å²) in [5.41, 5.74) is 13.5. The molecule has 4 N–H and O–H groups in total. The van der Waals surface area contributed by atoms with Crippen molar-refractivity contribution in [3.05, 3.63) is 35.2 Å². The topological polar surface area (TPSA) is 87.3 Å². The van der Waals surface area contributed by atoms with Crippen molar-refractivity contribution in [2.24, 2.45) is 0 Å². The molecule has 0 unspecified atom stereocenters. The van der Waals surface area contributed by atoms with E-state index < -0.39 is 5.82 Å². The minimum Gasteiger partial charge on any atom is -0.481 e. The van der Waals surface area contributed by atoms with Crippen molar-refractivity contribution < 1.29 is 13.5 Å². The van der Waals surface area contributed by atoms with Gasteiger partial charge in [0.25, 0.3) is 0 Å². The number of rotatable bonds is 2. The number of nitrogens with zero attached hydrogens (tertiary/aromatic N) is 1. The number of methoxy groups -OCH3 is 1. The van der Waals surface area contributed by atoms with Gasteiger partial charge in [-0.15, -0.1) is 0 Å². The Morgan fingerprint density at radius 1 is 1.33 bits per heavy atom. The molecule has 0 fully saturated rings. The number of nitrogen functional groups attached to an aromatic ring is 2. The maximum absolute atomic E-state index is 13.4. The van der Waals surface area contributed by atoms with Crippen molar-refractivity contribution in [3.8, 4) is 17.0 Å². The predicted octanol–water partition coefficient (Wildman–Crippen LogP) is 3.46. The van der Waals surface area contributed by atoms with Crippen molar-refractivity contribution in [1.82, 2.24) is 4.98 Å². The first kappa shape index (κ1) is 13.5. The van der Waals surface area contributed by atoms with Crippen LogP contribution in [0, 0.1) is 5.82 Å². The van der Waals surface area contributed by atoms with E-state index in [0.29, 0.717) is 28.0 Å². The monoisotopic (exact) mass is 307 g/mol. The van der Waals surface area contributed by atoms with Gasteiger partial charge in [-0.1, -0.05) is 17.7 Å². The molecule has 3 aromatic rings. The smallest absolute Gasteiger partial charge is 0.222 e. The molecule has 0 saturated carbocycles. The number of benzene rings is 1. The highest BCUT2D eigenvalue weighted by atomic mass is 35.5. The number of hydrogen-bond acceptors (Lipinski definition) is 5. The number of furan rings is 1. The molecule has 108 valence electrons. The lowest BCUT2D eigenvalue weighted by Crippen LogP contribution is -1.95. The Kier molecular flexibility index (Phi) is 3.10. The van der Waals surface area contributed by atoms with Crippen molar-refractivity contribution in [3.63, 3.8) is 0 Å². The maximum Gasteiger partial charge on any atom is 0.222 e. The molecule has 3 rings (SSSR count). The fourth-order valence-electron chi connectivity index (χ4n) is 2.19. The van der Waals surface area contributed by atoms with Gasteiger partial charge >= 0.3 is 0 Å². The van der Waals surface area contributed by atoms with Crippen LogP contribution in [0.5, 0.6) is 5.88 Å². The van der Waals surface area contributed by atoms with Gasteiger partial charge in [-0.05, 0) is 17.7 Å². The van der Waals surface area contributed by atoms with Gasteiger partial charge < -0.3 is 20.6 Å². The Labute approximate surface area is 124 Å². The third-order valence-electron chi connectivity index (χ3n) is 3.17. The molecular weight excluding hydrogens is 297 g/mol. The van der Waals surface area contributed by atoms with Crippen molar-refractivity contribution in [2.45, 2.75) is 0 Å². The van der Waals surface area contributed by atoms with E-state index in [0.717, 1.165) is 0 Å². The number of ether oxygens (including phenoxy) is 1. The Balaban J connectivity index is 2.40. The van der Waals surface area contributed by atoms with Gasteiger partial charge in [-0.3, -0.25) is 0 Å². The van der Waals surface area contributed by atoms with Crippen LogP contribution in [0.25, 0.3) is 22.1 Å². The second kappa shape index (κ2) is 4.82. The molecule has 0 amide bonds. The first-order valence-corrected chi connectivity index (χ1v) is 6.36. The van der Waals surface area contributed by atoms with E-state index in [1.165, 1.54) is 25.4 Å². The average Bonchev–Trinajstić information content (AvgIpc) is 2.76. The summed E-state index contributed by atoms with van der Waals surface area (Å²) in [5, 5.41) is 0.545. The van der Waals surface area contributed by atoms with E-state index in [1.807, 2.05) is 0 Å². The highest BCUT2D eigenvalue weighted by molar-refractivity contribution is 6.31. The highest BCUT2D eigenvalue weighted by Crippen LogP contribution is 2.42. The lowest BCUT2D eigenvalue weighted by molar-refractivity contribution is 0.400. The molecule has 2 heterocycles. The Bertz CT molecular complexity index is 848. The first-order valence-electron chi connectivity index (χ1n) is 5.98. The zero-order valence-corrected chi connectivity index (χ0v) is 11.7. The summed E-state index contributed by atoms with van der Waals surface area (Å²) in [6, 6.07) is 4.29. The zero-order chi connectivity index (χ0) is 15.1. The number of hydrogen-bond donors (Lipinski definition) is 2. The normalized spacial score (nSPS) is 11.0. The lowest BCUT2D eigenvalue weighted by Gasteiger charge is -2.09. The highest BCUT2D eigenvalue weighted by Gasteiger charge is 2.20. The standard InChI is InChI=1S/C14H11ClFN3O2/c1-20-14-10(6-2-3-8(16)7(15)4-6)11-9(5-19-14)21-13(18)12(11)17/h2-5H,17-18H2,1H3. The van der Waals surface area contributed by atoms with Gasteiger partial charge in [0.05, 0.1) is 29.3 Å². The van der Waals surface area contributed by atoms with Gasteiger partial charge in [0.2, 0.25) is 11.8 Å². The quantitative estimate of drug-likeness (QED) is 0.757. The fourth-order valence-corrected chi connectivity index (χ4v) is 2.37. The summed E-state index contributed by atoms with van der Waals surface area (Å²) in [7, 11) is 1.47. The molecule has 0 bridgehead atoms. The Hall–Kier alpha value is -2.47. The van der Waals surface area contributed by atoms with Crippen LogP contribution < -0.4 is 16.2 Å². The molecule has 1 aromatic carbocycles. The summed E-state index contributed by atoms with van der Waals surface area (Å²) in [6.07, 6.45) is 1.47. The van der Waals surface area contributed by atoms with E-state index in [-0.39, 0.29) is 16.6 Å². The van der Waals surface area contributed by atoms with Gasteiger partial charge in [-0.25, -0.2) is 9.37 Å². The molecule has 0 radical (unpaired) electrons. The van der Waals surface area contributed by atoms with Crippen LogP contribution in [0.4, 0.5) is 16.0 Å². The van der Waals surface area contributed by atoms with Crippen LogP contribution in [-0.2, 0) is 0 Å².